The highest BCUT2D eigenvalue weighted by Crippen LogP contribution is 2.26. The van der Waals surface area contributed by atoms with E-state index in [1.807, 2.05) is 0 Å². The molecule has 2 atom stereocenters. The highest BCUT2D eigenvalue weighted by atomic mass is 15.2. The van der Waals surface area contributed by atoms with Gasteiger partial charge in [-0.3, -0.25) is 0 Å². The number of benzene rings is 1. The van der Waals surface area contributed by atoms with Gasteiger partial charge in [-0.2, -0.15) is 0 Å². The molecule has 1 aliphatic rings. The molecule has 1 saturated heterocycles. The fourth-order valence-electron chi connectivity index (χ4n) is 3.45. The van der Waals surface area contributed by atoms with Gasteiger partial charge in [-0.15, -0.1) is 0 Å². The normalized spacial score (nSPS) is 22.1. The Kier molecular flexibility index (Phi) is 5.65. The molecule has 1 fully saturated rings. The van der Waals surface area contributed by atoms with Crippen molar-refractivity contribution in [3.8, 4) is 0 Å². The Bertz CT molecular complexity index is 456. The molecule has 0 spiro atoms. The van der Waals surface area contributed by atoms with Gasteiger partial charge in [0.25, 0.3) is 0 Å². The summed E-state index contributed by atoms with van der Waals surface area (Å²) in [7, 11) is 2.24. The van der Waals surface area contributed by atoms with Crippen LogP contribution in [-0.4, -0.2) is 43.7 Å². The lowest BCUT2D eigenvalue weighted by atomic mass is 10.0. The molecule has 0 aliphatic carbocycles. The Hall–Kier alpha value is -1.06. The lowest BCUT2D eigenvalue weighted by Crippen LogP contribution is -2.40. The van der Waals surface area contributed by atoms with Crippen molar-refractivity contribution in [3.63, 3.8) is 0 Å². The monoisotopic (exact) mass is 289 g/mol. The molecule has 2 rings (SSSR count). The maximum Gasteiger partial charge on any atom is 0.0414 e. The van der Waals surface area contributed by atoms with Crippen molar-refractivity contribution in [2.45, 2.75) is 52.1 Å². The molecule has 1 heterocycles. The van der Waals surface area contributed by atoms with Crippen molar-refractivity contribution in [2.75, 3.05) is 31.6 Å². The van der Waals surface area contributed by atoms with Gasteiger partial charge >= 0.3 is 0 Å². The number of anilines is 1. The summed E-state index contributed by atoms with van der Waals surface area (Å²) in [6, 6.07) is 7.73. The molecule has 3 heteroatoms. The van der Waals surface area contributed by atoms with Crippen LogP contribution >= 0.6 is 0 Å². The van der Waals surface area contributed by atoms with E-state index in [2.05, 4.69) is 55.8 Å². The van der Waals surface area contributed by atoms with Gasteiger partial charge in [0, 0.05) is 30.9 Å². The molecule has 1 aromatic carbocycles. The summed E-state index contributed by atoms with van der Waals surface area (Å²) in [5.74, 6) is 0. The highest BCUT2D eigenvalue weighted by Gasteiger charge is 2.23. The van der Waals surface area contributed by atoms with Crippen LogP contribution in [0.4, 0.5) is 5.69 Å². The Morgan fingerprint density at radius 2 is 2.10 bits per heavy atom. The third-order valence-corrected chi connectivity index (χ3v) is 4.50. The molecular formula is C18H31N3. The smallest absolute Gasteiger partial charge is 0.0414 e. The van der Waals surface area contributed by atoms with Crippen LogP contribution < -0.4 is 10.6 Å². The van der Waals surface area contributed by atoms with Gasteiger partial charge in [-0.25, -0.2) is 0 Å². The molecule has 0 aromatic heterocycles. The second-order valence-electron chi connectivity index (χ2n) is 6.67. The molecular weight excluding hydrogens is 258 g/mol. The van der Waals surface area contributed by atoms with Crippen LogP contribution in [0.5, 0.6) is 0 Å². The summed E-state index contributed by atoms with van der Waals surface area (Å²) < 4.78 is 0. The van der Waals surface area contributed by atoms with Crippen molar-refractivity contribution in [1.82, 2.24) is 4.90 Å². The standard InChI is InChI=1S/C18H31N3/c1-5-17-13-20(4)9-6-10-21(17)18-8-7-16(11-14(18)2)12-15(3)19/h7-8,11,15,17H,5-6,9-10,12-13,19H2,1-4H3. The van der Waals surface area contributed by atoms with Gasteiger partial charge < -0.3 is 15.5 Å². The maximum atomic E-state index is 5.92. The fourth-order valence-corrected chi connectivity index (χ4v) is 3.45. The maximum absolute atomic E-state index is 5.92. The van der Waals surface area contributed by atoms with Crippen molar-refractivity contribution in [1.29, 1.82) is 0 Å². The first kappa shape index (κ1) is 16.3. The molecule has 0 saturated carbocycles. The van der Waals surface area contributed by atoms with Gasteiger partial charge in [0.05, 0.1) is 0 Å². The van der Waals surface area contributed by atoms with Crippen LogP contribution in [0.3, 0.4) is 0 Å². The van der Waals surface area contributed by atoms with Crippen molar-refractivity contribution in [3.05, 3.63) is 29.3 Å². The van der Waals surface area contributed by atoms with Crippen LogP contribution in [0, 0.1) is 6.92 Å². The zero-order valence-electron chi connectivity index (χ0n) is 14.1. The Morgan fingerprint density at radius 3 is 2.71 bits per heavy atom. The summed E-state index contributed by atoms with van der Waals surface area (Å²) in [5.41, 5.74) is 10.1. The fraction of sp³-hybridized carbons (Fsp3) is 0.667. The first-order chi connectivity index (χ1) is 10.0. The van der Waals surface area contributed by atoms with Crippen LogP contribution in [0.1, 0.15) is 37.8 Å². The van der Waals surface area contributed by atoms with Gasteiger partial charge in [-0.1, -0.05) is 19.1 Å². The molecule has 3 nitrogen and oxygen atoms in total. The summed E-state index contributed by atoms with van der Waals surface area (Å²) >= 11 is 0. The molecule has 0 radical (unpaired) electrons. The zero-order valence-corrected chi connectivity index (χ0v) is 14.1. The third-order valence-electron chi connectivity index (χ3n) is 4.50. The Morgan fingerprint density at radius 1 is 1.33 bits per heavy atom. The van der Waals surface area contributed by atoms with Crippen molar-refractivity contribution in [2.24, 2.45) is 5.73 Å². The first-order valence-corrected chi connectivity index (χ1v) is 8.31. The zero-order chi connectivity index (χ0) is 15.4. The minimum atomic E-state index is 0.227. The quantitative estimate of drug-likeness (QED) is 0.925. The molecule has 0 amide bonds. The number of nitrogens with two attached hydrogens (primary N) is 1. The predicted molar refractivity (Wildman–Crippen MR) is 92.1 cm³/mol. The Balaban J connectivity index is 2.22. The summed E-state index contributed by atoms with van der Waals surface area (Å²) in [6.07, 6.45) is 3.40. The van der Waals surface area contributed by atoms with E-state index >= 15 is 0 Å². The molecule has 0 bridgehead atoms. The molecule has 2 N–H and O–H groups in total. The second-order valence-corrected chi connectivity index (χ2v) is 6.67. The lowest BCUT2D eigenvalue weighted by molar-refractivity contribution is 0.328. The van der Waals surface area contributed by atoms with Crippen LogP contribution in [0.25, 0.3) is 0 Å². The average molecular weight is 289 g/mol. The Labute approximate surface area is 130 Å². The molecule has 1 aromatic rings. The molecule has 1 aliphatic heterocycles. The third kappa shape index (κ3) is 4.21. The highest BCUT2D eigenvalue weighted by molar-refractivity contribution is 5.55. The first-order valence-electron chi connectivity index (χ1n) is 8.31. The summed E-state index contributed by atoms with van der Waals surface area (Å²) in [5, 5.41) is 0. The van der Waals surface area contributed by atoms with E-state index in [1.54, 1.807) is 0 Å². The summed E-state index contributed by atoms with van der Waals surface area (Å²) in [6.45, 7) is 10.1. The van der Waals surface area contributed by atoms with Crippen LogP contribution in [-0.2, 0) is 6.42 Å². The number of aryl methyl sites for hydroxylation is 1. The van der Waals surface area contributed by atoms with E-state index in [9.17, 15) is 0 Å². The van der Waals surface area contributed by atoms with E-state index in [1.165, 1.54) is 36.2 Å². The number of rotatable bonds is 4. The van der Waals surface area contributed by atoms with E-state index in [0.717, 1.165) is 19.5 Å². The van der Waals surface area contributed by atoms with Crippen molar-refractivity contribution < 1.29 is 0 Å². The minimum Gasteiger partial charge on any atom is -0.367 e. The van der Waals surface area contributed by atoms with E-state index in [0.29, 0.717) is 6.04 Å². The molecule has 2 unspecified atom stereocenters. The predicted octanol–water partition coefficient (Wildman–Crippen LogP) is 2.81. The number of hydrogen-bond acceptors (Lipinski definition) is 3. The molecule has 21 heavy (non-hydrogen) atoms. The lowest BCUT2D eigenvalue weighted by Gasteiger charge is -2.33. The second kappa shape index (κ2) is 7.28. The van der Waals surface area contributed by atoms with Gasteiger partial charge in [0.2, 0.25) is 0 Å². The number of nitrogens with zero attached hydrogens (tertiary/aromatic N) is 2. The minimum absolute atomic E-state index is 0.227. The van der Waals surface area contributed by atoms with E-state index in [4.69, 9.17) is 5.73 Å². The average Bonchev–Trinajstić information content (AvgIpc) is 2.59. The van der Waals surface area contributed by atoms with Crippen LogP contribution in [0.15, 0.2) is 18.2 Å². The summed E-state index contributed by atoms with van der Waals surface area (Å²) in [4.78, 5) is 5.09. The number of likely N-dealkylation sites (N-methyl/N-ethyl adjacent to an activating group) is 1. The SMILES string of the molecule is CCC1CN(C)CCCN1c1ccc(CC(C)N)cc1C. The van der Waals surface area contributed by atoms with E-state index < -0.39 is 0 Å². The van der Waals surface area contributed by atoms with E-state index in [-0.39, 0.29) is 6.04 Å². The van der Waals surface area contributed by atoms with Gasteiger partial charge in [-0.05, 0) is 63.9 Å². The topological polar surface area (TPSA) is 32.5 Å². The van der Waals surface area contributed by atoms with Gasteiger partial charge in [0.15, 0.2) is 0 Å². The van der Waals surface area contributed by atoms with Crippen molar-refractivity contribution >= 4 is 5.69 Å². The van der Waals surface area contributed by atoms with Gasteiger partial charge in [0.1, 0.15) is 0 Å². The van der Waals surface area contributed by atoms with Crippen LogP contribution in [0.2, 0.25) is 0 Å². The molecule has 118 valence electrons. The number of hydrogen-bond donors (Lipinski definition) is 1. The largest absolute Gasteiger partial charge is 0.367 e.